The Kier molecular flexibility index (Phi) is 3.58. The van der Waals surface area contributed by atoms with Gasteiger partial charge in [-0.2, -0.15) is 0 Å². The van der Waals surface area contributed by atoms with E-state index in [4.69, 9.17) is 0 Å². The predicted octanol–water partition coefficient (Wildman–Crippen LogP) is 1.32. The summed E-state index contributed by atoms with van der Waals surface area (Å²) < 4.78 is 0.905. The summed E-state index contributed by atoms with van der Waals surface area (Å²) in [5.41, 5.74) is 1.01. The summed E-state index contributed by atoms with van der Waals surface area (Å²) in [5.74, 6) is 0.551. The standard InChI is InChI=1S/C10H11BrN4O2/c11-9-3-8(4-12-5-9)6-14-2-1-13-10(14)7-15(16)17/h3-5,7,13H,1-2,6H2/b10-7+. The molecule has 1 aliphatic rings. The molecule has 1 aromatic heterocycles. The normalized spacial score (nSPS) is 17.2. The highest BCUT2D eigenvalue weighted by Gasteiger charge is 2.19. The van der Waals surface area contributed by atoms with Crippen molar-refractivity contribution >= 4 is 15.9 Å². The Bertz CT molecular complexity index is 463. The fraction of sp³-hybridized carbons (Fsp3) is 0.300. The molecule has 17 heavy (non-hydrogen) atoms. The van der Waals surface area contributed by atoms with Gasteiger partial charge in [-0.1, -0.05) is 0 Å². The minimum Gasteiger partial charge on any atom is -0.365 e. The average molecular weight is 299 g/mol. The smallest absolute Gasteiger partial charge is 0.274 e. The van der Waals surface area contributed by atoms with Gasteiger partial charge in [-0.15, -0.1) is 0 Å². The highest BCUT2D eigenvalue weighted by atomic mass is 79.9. The van der Waals surface area contributed by atoms with E-state index in [9.17, 15) is 10.1 Å². The lowest BCUT2D eigenvalue weighted by Gasteiger charge is -2.16. The van der Waals surface area contributed by atoms with Gasteiger partial charge < -0.3 is 10.2 Å². The first-order valence-electron chi connectivity index (χ1n) is 5.09. The topological polar surface area (TPSA) is 71.3 Å². The largest absolute Gasteiger partial charge is 0.365 e. The van der Waals surface area contributed by atoms with E-state index in [1.807, 2.05) is 11.0 Å². The van der Waals surface area contributed by atoms with Crippen molar-refractivity contribution < 1.29 is 4.92 Å². The van der Waals surface area contributed by atoms with Crippen molar-refractivity contribution in [3.05, 3.63) is 50.6 Å². The molecule has 1 aromatic rings. The molecule has 0 spiro atoms. The first-order chi connectivity index (χ1) is 8.15. The molecule has 6 nitrogen and oxygen atoms in total. The van der Waals surface area contributed by atoms with Crippen LogP contribution in [0.25, 0.3) is 0 Å². The number of aromatic nitrogens is 1. The van der Waals surface area contributed by atoms with Gasteiger partial charge >= 0.3 is 0 Å². The maximum absolute atomic E-state index is 10.5. The van der Waals surface area contributed by atoms with Crippen LogP contribution in [0, 0.1) is 10.1 Å². The molecule has 7 heteroatoms. The zero-order valence-electron chi connectivity index (χ0n) is 8.97. The van der Waals surface area contributed by atoms with Crippen molar-refractivity contribution in [1.82, 2.24) is 15.2 Å². The lowest BCUT2D eigenvalue weighted by atomic mass is 10.3. The predicted molar refractivity (Wildman–Crippen MR) is 65.4 cm³/mol. The van der Waals surface area contributed by atoms with Gasteiger partial charge in [0.25, 0.3) is 6.20 Å². The van der Waals surface area contributed by atoms with Crippen LogP contribution in [0.4, 0.5) is 0 Å². The molecular weight excluding hydrogens is 288 g/mol. The van der Waals surface area contributed by atoms with Crippen molar-refractivity contribution in [3.8, 4) is 0 Å². The van der Waals surface area contributed by atoms with Crippen molar-refractivity contribution in [1.29, 1.82) is 0 Å². The van der Waals surface area contributed by atoms with E-state index in [0.717, 1.165) is 29.3 Å². The van der Waals surface area contributed by atoms with Crippen LogP contribution >= 0.6 is 15.9 Å². The number of rotatable bonds is 3. The van der Waals surface area contributed by atoms with E-state index in [0.29, 0.717) is 12.4 Å². The molecule has 2 rings (SSSR count). The number of nitro groups is 1. The van der Waals surface area contributed by atoms with Crippen LogP contribution in [0.15, 0.2) is 35.0 Å². The highest BCUT2D eigenvalue weighted by Crippen LogP contribution is 2.15. The minimum atomic E-state index is -0.445. The average Bonchev–Trinajstić information content (AvgIpc) is 2.65. The molecular formula is C10H11BrN4O2. The molecule has 0 saturated carbocycles. The van der Waals surface area contributed by atoms with Crippen molar-refractivity contribution in [2.75, 3.05) is 13.1 Å². The van der Waals surface area contributed by atoms with Crippen molar-refractivity contribution in [2.24, 2.45) is 0 Å². The van der Waals surface area contributed by atoms with Gasteiger partial charge in [-0.3, -0.25) is 15.1 Å². The number of nitrogens with zero attached hydrogens (tertiary/aromatic N) is 3. The molecule has 0 bridgehead atoms. The van der Waals surface area contributed by atoms with Crippen LogP contribution in [0.5, 0.6) is 0 Å². The van der Waals surface area contributed by atoms with Crippen LogP contribution in [0.2, 0.25) is 0 Å². The van der Waals surface area contributed by atoms with Crippen LogP contribution in [0.1, 0.15) is 5.56 Å². The molecule has 1 fully saturated rings. The Morgan fingerprint density at radius 3 is 3.18 bits per heavy atom. The Hall–Kier alpha value is -1.63. The summed E-state index contributed by atoms with van der Waals surface area (Å²) in [6.45, 7) is 2.09. The van der Waals surface area contributed by atoms with Crippen LogP contribution in [-0.2, 0) is 6.54 Å². The fourth-order valence-corrected chi connectivity index (χ4v) is 2.12. The van der Waals surface area contributed by atoms with Gasteiger partial charge in [-0.25, -0.2) is 0 Å². The van der Waals surface area contributed by atoms with E-state index in [-0.39, 0.29) is 0 Å². The minimum absolute atomic E-state index is 0.445. The summed E-state index contributed by atoms with van der Waals surface area (Å²) in [6, 6.07) is 1.95. The molecule has 90 valence electrons. The molecule has 0 atom stereocenters. The molecule has 0 aromatic carbocycles. The summed E-state index contributed by atoms with van der Waals surface area (Å²) in [5, 5.41) is 13.4. The first kappa shape index (κ1) is 11.8. The molecule has 0 radical (unpaired) electrons. The van der Waals surface area contributed by atoms with Gasteiger partial charge in [0.1, 0.15) is 0 Å². The molecule has 0 aliphatic carbocycles. The number of pyridine rings is 1. The third-order valence-electron chi connectivity index (χ3n) is 2.39. The lowest BCUT2D eigenvalue weighted by molar-refractivity contribution is -0.404. The zero-order valence-corrected chi connectivity index (χ0v) is 10.6. The molecule has 1 saturated heterocycles. The number of hydrogen-bond donors (Lipinski definition) is 1. The van der Waals surface area contributed by atoms with Gasteiger partial charge in [0.05, 0.1) is 4.92 Å². The van der Waals surface area contributed by atoms with E-state index in [1.54, 1.807) is 12.4 Å². The summed E-state index contributed by atoms with van der Waals surface area (Å²) >= 11 is 3.35. The van der Waals surface area contributed by atoms with E-state index in [2.05, 4.69) is 26.2 Å². The second kappa shape index (κ2) is 5.13. The molecule has 1 aliphatic heterocycles. The maximum Gasteiger partial charge on any atom is 0.274 e. The second-order valence-corrected chi connectivity index (χ2v) is 4.58. The zero-order chi connectivity index (χ0) is 12.3. The van der Waals surface area contributed by atoms with Gasteiger partial charge in [0, 0.05) is 36.5 Å². The quantitative estimate of drug-likeness (QED) is 0.673. The third kappa shape index (κ3) is 3.16. The monoisotopic (exact) mass is 298 g/mol. The SMILES string of the molecule is O=[N+]([O-])/C=C1\NCCN1Cc1cncc(Br)c1. The summed E-state index contributed by atoms with van der Waals surface area (Å²) in [4.78, 5) is 16.0. The first-order valence-corrected chi connectivity index (χ1v) is 5.88. The Labute approximate surface area is 107 Å². The summed E-state index contributed by atoms with van der Waals surface area (Å²) in [7, 11) is 0. The summed E-state index contributed by atoms with van der Waals surface area (Å²) in [6.07, 6.45) is 4.46. The van der Waals surface area contributed by atoms with Crippen LogP contribution < -0.4 is 5.32 Å². The second-order valence-electron chi connectivity index (χ2n) is 3.66. The van der Waals surface area contributed by atoms with Gasteiger partial charge in [0.2, 0.25) is 0 Å². The van der Waals surface area contributed by atoms with Crippen LogP contribution in [0.3, 0.4) is 0 Å². The van der Waals surface area contributed by atoms with Crippen molar-refractivity contribution in [3.63, 3.8) is 0 Å². The van der Waals surface area contributed by atoms with Gasteiger partial charge in [0.15, 0.2) is 5.82 Å². The highest BCUT2D eigenvalue weighted by molar-refractivity contribution is 9.10. The third-order valence-corrected chi connectivity index (χ3v) is 2.82. The number of nitrogens with one attached hydrogen (secondary N) is 1. The van der Waals surface area contributed by atoms with Crippen molar-refractivity contribution in [2.45, 2.75) is 6.54 Å². The molecule has 0 amide bonds. The molecule has 2 heterocycles. The Morgan fingerprint density at radius 1 is 1.65 bits per heavy atom. The van der Waals surface area contributed by atoms with Gasteiger partial charge in [-0.05, 0) is 27.6 Å². The maximum atomic E-state index is 10.5. The number of hydrogen-bond acceptors (Lipinski definition) is 5. The molecule has 1 N–H and O–H groups in total. The molecule has 0 unspecified atom stereocenters. The van der Waals surface area contributed by atoms with E-state index in [1.165, 1.54) is 0 Å². The lowest BCUT2D eigenvalue weighted by Crippen LogP contribution is -2.20. The van der Waals surface area contributed by atoms with E-state index >= 15 is 0 Å². The van der Waals surface area contributed by atoms with E-state index < -0.39 is 4.92 Å². The number of halogens is 1. The fourth-order valence-electron chi connectivity index (χ4n) is 1.71. The Balaban J connectivity index is 2.10. The van der Waals surface area contributed by atoms with Crippen LogP contribution in [-0.4, -0.2) is 27.9 Å². The Morgan fingerprint density at radius 2 is 2.47 bits per heavy atom.